The van der Waals surface area contributed by atoms with Crippen LogP contribution in [0.5, 0.6) is 5.88 Å². The summed E-state index contributed by atoms with van der Waals surface area (Å²) in [5.41, 5.74) is 0.823. The number of aliphatic hydroxyl groups excluding tert-OH is 1. The topological polar surface area (TPSA) is 92.6 Å². The van der Waals surface area contributed by atoms with Crippen molar-refractivity contribution in [3.05, 3.63) is 18.5 Å². The van der Waals surface area contributed by atoms with E-state index in [0.29, 0.717) is 18.4 Å². The molecule has 2 aromatic heterocycles. The maximum atomic E-state index is 8.91. The molecular weight excluding hydrogens is 382 g/mol. The summed E-state index contributed by atoms with van der Waals surface area (Å²) in [6, 6.07) is 2.01. The first-order valence-corrected chi connectivity index (χ1v) is 11.0. The van der Waals surface area contributed by atoms with Gasteiger partial charge in [0, 0.05) is 38.6 Å². The molecule has 2 unspecified atom stereocenters. The zero-order valence-corrected chi connectivity index (χ0v) is 18.4. The molecule has 0 bridgehead atoms. The zero-order valence-electron chi connectivity index (χ0n) is 18.4. The first-order chi connectivity index (χ1) is 14.5. The number of anilines is 1. The number of hydrogen-bond donors (Lipinski definition) is 2. The lowest BCUT2D eigenvalue weighted by Gasteiger charge is -2.15. The van der Waals surface area contributed by atoms with Crippen LogP contribution in [-0.2, 0) is 4.74 Å². The van der Waals surface area contributed by atoms with Gasteiger partial charge in [-0.25, -0.2) is 15.0 Å². The number of ether oxygens (including phenoxy) is 2. The first kappa shape index (κ1) is 22.7. The highest BCUT2D eigenvalue weighted by Gasteiger charge is 2.22. The number of rotatable bonds is 6. The number of nitrogens with one attached hydrogen (secondary N) is 1. The molecule has 1 saturated heterocycles. The number of nitrogens with zero attached hydrogens (tertiary/aromatic N) is 4. The Hall–Kier alpha value is -2.03. The Balaban J connectivity index is 0.000000310. The number of hydrogen-bond acceptors (Lipinski definition) is 8. The van der Waals surface area contributed by atoms with Gasteiger partial charge >= 0.3 is 0 Å². The molecule has 8 nitrogen and oxygen atoms in total. The molecule has 0 radical (unpaired) electrons. The summed E-state index contributed by atoms with van der Waals surface area (Å²) in [5.74, 6) is 1.19. The number of methoxy groups -OCH3 is 1. The van der Waals surface area contributed by atoms with Crippen molar-refractivity contribution < 1.29 is 14.6 Å². The Morgan fingerprint density at radius 3 is 2.67 bits per heavy atom. The first-order valence-electron chi connectivity index (χ1n) is 11.0. The largest absolute Gasteiger partial charge is 0.472 e. The van der Waals surface area contributed by atoms with Crippen LogP contribution in [0.25, 0.3) is 10.9 Å². The lowest BCUT2D eigenvalue weighted by Crippen LogP contribution is -2.22. The summed E-state index contributed by atoms with van der Waals surface area (Å²) in [7, 11) is 3.78. The van der Waals surface area contributed by atoms with Crippen molar-refractivity contribution in [2.75, 3.05) is 39.2 Å². The van der Waals surface area contributed by atoms with Gasteiger partial charge in [0.05, 0.1) is 23.6 Å². The SMILES string of the molecule is COCC(C)Nc1ncc2c(OC3CCN(C)C3)nccc2n1.OC1CCCCC1. The quantitative estimate of drug-likeness (QED) is 0.741. The van der Waals surface area contributed by atoms with Crippen molar-refractivity contribution in [3.63, 3.8) is 0 Å². The van der Waals surface area contributed by atoms with Crippen LogP contribution in [-0.4, -0.2) is 77.1 Å². The van der Waals surface area contributed by atoms with Crippen LogP contribution in [0.3, 0.4) is 0 Å². The van der Waals surface area contributed by atoms with E-state index in [9.17, 15) is 0 Å². The molecule has 4 rings (SSSR count). The smallest absolute Gasteiger partial charge is 0.224 e. The minimum absolute atomic E-state index is 0.0359. The van der Waals surface area contributed by atoms with Gasteiger partial charge in [-0.05, 0) is 39.3 Å². The summed E-state index contributed by atoms with van der Waals surface area (Å²) in [4.78, 5) is 15.5. The van der Waals surface area contributed by atoms with Gasteiger partial charge in [-0.3, -0.25) is 0 Å². The third-order valence-corrected chi connectivity index (χ3v) is 5.47. The minimum Gasteiger partial charge on any atom is -0.472 e. The van der Waals surface area contributed by atoms with Crippen LogP contribution in [0, 0.1) is 0 Å². The van der Waals surface area contributed by atoms with Gasteiger partial charge in [-0.1, -0.05) is 19.3 Å². The van der Waals surface area contributed by atoms with Crippen molar-refractivity contribution in [1.82, 2.24) is 19.9 Å². The summed E-state index contributed by atoms with van der Waals surface area (Å²) in [6.07, 6.45) is 10.6. The normalized spacial score (nSPS) is 21.1. The van der Waals surface area contributed by atoms with Crippen LogP contribution in [0.15, 0.2) is 18.5 Å². The number of fused-ring (bicyclic) bond motifs is 1. The molecule has 1 saturated carbocycles. The summed E-state index contributed by atoms with van der Waals surface area (Å²) >= 11 is 0. The highest BCUT2D eigenvalue weighted by molar-refractivity contribution is 5.83. The molecule has 0 aromatic carbocycles. The molecule has 2 aliphatic rings. The van der Waals surface area contributed by atoms with Crippen molar-refractivity contribution >= 4 is 16.9 Å². The van der Waals surface area contributed by atoms with Crippen molar-refractivity contribution in [3.8, 4) is 5.88 Å². The van der Waals surface area contributed by atoms with E-state index in [2.05, 4.69) is 32.2 Å². The van der Waals surface area contributed by atoms with E-state index in [-0.39, 0.29) is 18.2 Å². The van der Waals surface area contributed by atoms with Gasteiger partial charge in [0.1, 0.15) is 6.10 Å². The molecule has 1 aliphatic heterocycles. The second-order valence-electron chi connectivity index (χ2n) is 8.33. The molecule has 166 valence electrons. The van der Waals surface area contributed by atoms with Crippen molar-refractivity contribution in [2.24, 2.45) is 0 Å². The molecule has 30 heavy (non-hydrogen) atoms. The second-order valence-corrected chi connectivity index (χ2v) is 8.33. The molecule has 2 fully saturated rings. The fourth-order valence-corrected chi connectivity index (χ4v) is 3.84. The maximum Gasteiger partial charge on any atom is 0.224 e. The summed E-state index contributed by atoms with van der Waals surface area (Å²) in [5, 5.41) is 13.0. The molecule has 2 aromatic rings. The lowest BCUT2D eigenvalue weighted by atomic mass is 9.98. The van der Waals surface area contributed by atoms with Crippen LogP contribution >= 0.6 is 0 Å². The number of likely N-dealkylation sites (tertiary alicyclic amines) is 1. The van der Waals surface area contributed by atoms with E-state index in [1.54, 1.807) is 19.5 Å². The zero-order chi connectivity index (χ0) is 21.3. The summed E-state index contributed by atoms with van der Waals surface area (Å²) < 4.78 is 11.2. The van der Waals surface area contributed by atoms with Gasteiger partial charge in [-0.2, -0.15) is 0 Å². The maximum absolute atomic E-state index is 8.91. The third kappa shape index (κ3) is 6.75. The third-order valence-electron chi connectivity index (χ3n) is 5.47. The van der Waals surface area contributed by atoms with Gasteiger partial charge in [0.15, 0.2) is 0 Å². The van der Waals surface area contributed by atoms with E-state index in [1.807, 2.05) is 13.0 Å². The molecule has 3 heterocycles. The summed E-state index contributed by atoms with van der Waals surface area (Å²) in [6.45, 7) is 4.60. The molecule has 8 heteroatoms. The van der Waals surface area contributed by atoms with Gasteiger partial charge in [0.25, 0.3) is 0 Å². The van der Waals surface area contributed by atoms with Gasteiger partial charge in [0.2, 0.25) is 11.8 Å². The predicted octanol–water partition coefficient (Wildman–Crippen LogP) is 2.87. The van der Waals surface area contributed by atoms with Crippen LogP contribution in [0.4, 0.5) is 5.95 Å². The van der Waals surface area contributed by atoms with Gasteiger partial charge in [-0.15, -0.1) is 0 Å². The van der Waals surface area contributed by atoms with Gasteiger partial charge < -0.3 is 24.8 Å². The average molecular weight is 418 g/mol. The monoisotopic (exact) mass is 417 g/mol. The second kappa shape index (κ2) is 11.4. The molecule has 0 amide bonds. The fourth-order valence-electron chi connectivity index (χ4n) is 3.84. The average Bonchev–Trinajstić information content (AvgIpc) is 3.14. The van der Waals surface area contributed by atoms with E-state index in [4.69, 9.17) is 14.6 Å². The highest BCUT2D eigenvalue weighted by atomic mass is 16.5. The number of likely N-dealkylation sites (N-methyl/N-ethyl adjacent to an activating group) is 1. The molecule has 2 N–H and O–H groups in total. The minimum atomic E-state index is 0.0359. The van der Waals surface area contributed by atoms with Crippen LogP contribution in [0.2, 0.25) is 0 Å². The standard InChI is InChI=1S/C16H23N5O2.C6H12O/c1-11(10-22-3)19-16-18-8-13-14(20-16)4-6-17-15(13)23-12-5-7-21(2)9-12;7-6-4-2-1-3-5-6/h4,6,8,11-12H,5,7,9-10H2,1-3H3,(H,18,19,20);6-7H,1-5H2. The predicted molar refractivity (Wildman–Crippen MR) is 118 cm³/mol. The van der Waals surface area contributed by atoms with E-state index in [1.165, 1.54) is 19.3 Å². The van der Waals surface area contributed by atoms with Crippen LogP contribution in [0.1, 0.15) is 45.4 Å². The number of aromatic nitrogens is 3. The Morgan fingerprint density at radius 2 is 2.03 bits per heavy atom. The number of pyridine rings is 1. The highest BCUT2D eigenvalue weighted by Crippen LogP contribution is 2.24. The van der Waals surface area contributed by atoms with Crippen LogP contribution < -0.4 is 10.1 Å². The number of aliphatic hydroxyl groups is 1. The lowest BCUT2D eigenvalue weighted by molar-refractivity contribution is 0.130. The molecule has 0 spiro atoms. The van der Waals surface area contributed by atoms with E-state index in [0.717, 1.165) is 43.3 Å². The Bertz CT molecular complexity index is 784. The Kier molecular flexibility index (Phi) is 8.60. The Morgan fingerprint density at radius 1 is 1.23 bits per heavy atom. The van der Waals surface area contributed by atoms with Crippen molar-refractivity contribution in [2.45, 2.75) is 63.7 Å². The van der Waals surface area contributed by atoms with E-state index >= 15 is 0 Å². The molecule has 2 atom stereocenters. The Labute approximate surface area is 179 Å². The molecule has 1 aliphatic carbocycles. The molecular formula is C22H35N5O3. The van der Waals surface area contributed by atoms with Crippen molar-refractivity contribution in [1.29, 1.82) is 0 Å². The van der Waals surface area contributed by atoms with E-state index < -0.39 is 0 Å². The fraction of sp³-hybridized carbons (Fsp3) is 0.682.